The Hall–Kier alpha value is -3.59. The predicted molar refractivity (Wildman–Crippen MR) is 148 cm³/mol. The van der Waals surface area contributed by atoms with Gasteiger partial charge in [-0.2, -0.15) is 0 Å². The van der Waals surface area contributed by atoms with Gasteiger partial charge in [0.15, 0.2) is 4.80 Å². The largest absolute Gasteiger partial charge is 0.497 e. The van der Waals surface area contributed by atoms with Crippen LogP contribution >= 0.6 is 34.5 Å². The number of thiazole rings is 1. The second-order valence-corrected chi connectivity index (χ2v) is 10.3. The molecule has 7 nitrogen and oxygen atoms in total. The Morgan fingerprint density at radius 2 is 1.92 bits per heavy atom. The molecule has 2 aromatic carbocycles. The van der Waals surface area contributed by atoms with Crippen LogP contribution in [-0.4, -0.2) is 24.3 Å². The molecule has 0 saturated carbocycles. The van der Waals surface area contributed by atoms with Crippen molar-refractivity contribution in [3.05, 3.63) is 107 Å². The van der Waals surface area contributed by atoms with Gasteiger partial charge in [0, 0.05) is 16.7 Å². The lowest BCUT2D eigenvalue weighted by molar-refractivity contribution is -0.139. The number of esters is 1. The standard InChI is InChI=1S/C28H22Cl2N2O5S/c1-4-36-27(34)24-15(2)31-28-32(25(24)16-5-8-18(35-3)9-6-16)26(33)23(38-28)14-19-10-12-22(37-19)20-13-17(29)7-11-21(20)30/h5-14,25H,4H2,1-3H3/b23-14+/t25-/m0/s1. The Morgan fingerprint density at radius 1 is 1.16 bits per heavy atom. The fourth-order valence-corrected chi connectivity index (χ4v) is 5.69. The molecule has 1 atom stereocenters. The van der Waals surface area contributed by atoms with E-state index in [0.717, 1.165) is 5.56 Å². The highest BCUT2D eigenvalue weighted by atomic mass is 35.5. The molecule has 0 saturated heterocycles. The van der Waals surface area contributed by atoms with Crippen LogP contribution in [0.15, 0.2) is 80.1 Å². The van der Waals surface area contributed by atoms with Gasteiger partial charge in [0.1, 0.15) is 17.3 Å². The fourth-order valence-electron chi connectivity index (χ4n) is 4.28. The number of benzene rings is 2. The van der Waals surface area contributed by atoms with E-state index in [-0.39, 0.29) is 12.2 Å². The van der Waals surface area contributed by atoms with E-state index < -0.39 is 12.0 Å². The lowest BCUT2D eigenvalue weighted by atomic mass is 9.96. The van der Waals surface area contributed by atoms with Gasteiger partial charge in [-0.15, -0.1) is 0 Å². The van der Waals surface area contributed by atoms with Crippen LogP contribution in [0.2, 0.25) is 10.0 Å². The number of carbonyl (C=O) groups is 1. The predicted octanol–water partition coefficient (Wildman–Crippen LogP) is 5.37. The number of rotatable bonds is 6. The Bertz CT molecular complexity index is 1750. The molecule has 0 spiro atoms. The van der Waals surface area contributed by atoms with Crippen molar-refractivity contribution in [2.75, 3.05) is 13.7 Å². The smallest absolute Gasteiger partial charge is 0.338 e. The van der Waals surface area contributed by atoms with E-state index in [1.165, 1.54) is 15.9 Å². The number of methoxy groups -OCH3 is 1. The summed E-state index contributed by atoms with van der Waals surface area (Å²) in [5.41, 5.74) is 1.88. The normalized spacial score (nSPS) is 15.3. The summed E-state index contributed by atoms with van der Waals surface area (Å²) in [4.78, 5) is 31.8. The van der Waals surface area contributed by atoms with Gasteiger partial charge in [-0.05, 0) is 61.9 Å². The highest BCUT2D eigenvalue weighted by Crippen LogP contribution is 2.33. The van der Waals surface area contributed by atoms with Crippen molar-refractivity contribution in [2.45, 2.75) is 19.9 Å². The highest BCUT2D eigenvalue weighted by Gasteiger charge is 2.33. The number of ether oxygens (including phenoxy) is 2. The number of halogens is 2. The summed E-state index contributed by atoms with van der Waals surface area (Å²) >= 11 is 13.7. The highest BCUT2D eigenvalue weighted by molar-refractivity contribution is 7.07. The first kappa shape index (κ1) is 26.0. The number of hydrogen-bond acceptors (Lipinski definition) is 7. The average molecular weight is 569 g/mol. The molecule has 1 aliphatic rings. The van der Waals surface area contributed by atoms with Crippen LogP contribution in [0.3, 0.4) is 0 Å². The number of hydrogen-bond donors (Lipinski definition) is 0. The first-order chi connectivity index (χ1) is 18.3. The third-order valence-electron chi connectivity index (χ3n) is 6.04. The summed E-state index contributed by atoms with van der Waals surface area (Å²) in [7, 11) is 1.58. The number of allylic oxidation sites excluding steroid dienone is 1. The van der Waals surface area contributed by atoms with Gasteiger partial charge in [0.2, 0.25) is 0 Å². The first-order valence-corrected chi connectivity index (χ1v) is 13.3. The summed E-state index contributed by atoms with van der Waals surface area (Å²) in [5, 5.41) is 1.03. The fraction of sp³-hybridized carbons (Fsp3) is 0.179. The van der Waals surface area contributed by atoms with E-state index in [1.807, 2.05) is 12.1 Å². The van der Waals surface area contributed by atoms with Crippen LogP contribution < -0.4 is 19.6 Å². The van der Waals surface area contributed by atoms with Crippen molar-refractivity contribution in [3.8, 4) is 17.1 Å². The van der Waals surface area contributed by atoms with Crippen molar-refractivity contribution in [1.82, 2.24) is 4.57 Å². The number of furan rings is 1. The summed E-state index contributed by atoms with van der Waals surface area (Å²) in [6.45, 7) is 3.68. The minimum Gasteiger partial charge on any atom is -0.497 e. The van der Waals surface area contributed by atoms with Gasteiger partial charge in [-0.25, -0.2) is 9.79 Å². The lowest BCUT2D eigenvalue weighted by Crippen LogP contribution is -2.39. The summed E-state index contributed by atoms with van der Waals surface area (Å²) in [6.07, 6.45) is 1.65. The number of fused-ring (bicyclic) bond motifs is 1. The van der Waals surface area contributed by atoms with Crippen LogP contribution in [0.4, 0.5) is 0 Å². The molecule has 0 unspecified atom stereocenters. The molecule has 1 aliphatic heterocycles. The summed E-state index contributed by atoms with van der Waals surface area (Å²) in [5.74, 6) is 1.13. The molecular formula is C28H22Cl2N2O5S. The molecule has 0 radical (unpaired) electrons. The third kappa shape index (κ3) is 4.82. The molecule has 5 rings (SSSR count). The van der Waals surface area contributed by atoms with Crippen LogP contribution in [0, 0.1) is 0 Å². The quantitative estimate of drug-likeness (QED) is 0.292. The van der Waals surface area contributed by atoms with Crippen LogP contribution in [-0.2, 0) is 9.53 Å². The van der Waals surface area contributed by atoms with Gasteiger partial charge in [0.25, 0.3) is 5.56 Å². The van der Waals surface area contributed by atoms with Crippen molar-refractivity contribution in [3.63, 3.8) is 0 Å². The van der Waals surface area contributed by atoms with E-state index in [9.17, 15) is 9.59 Å². The van der Waals surface area contributed by atoms with Gasteiger partial charge in [0.05, 0.1) is 40.6 Å². The Balaban J connectivity index is 1.64. The SMILES string of the molecule is CCOC(=O)C1=C(C)N=c2s/c(=C/c3ccc(-c4cc(Cl)ccc4Cl)o3)c(=O)n2[C@H]1c1ccc(OC)cc1. The van der Waals surface area contributed by atoms with Crippen molar-refractivity contribution in [1.29, 1.82) is 0 Å². The molecule has 0 aliphatic carbocycles. The lowest BCUT2D eigenvalue weighted by Gasteiger charge is -2.24. The average Bonchev–Trinajstić information content (AvgIpc) is 3.49. The Kier molecular flexibility index (Phi) is 7.29. The zero-order chi connectivity index (χ0) is 27.0. The zero-order valence-electron chi connectivity index (χ0n) is 20.7. The Labute approximate surface area is 231 Å². The summed E-state index contributed by atoms with van der Waals surface area (Å²) in [6, 6.07) is 15.1. The Morgan fingerprint density at radius 3 is 2.63 bits per heavy atom. The monoisotopic (exact) mass is 568 g/mol. The van der Waals surface area contributed by atoms with E-state index in [0.29, 0.717) is 53.5 Å². The topological polar surface area (TPSA) is 83.0 Å². The zero-order valence-corrected chi connectivity index (χ0v) is 23.0. The maximum absolute atomic E-state index is 13.7. The minimum absolute atomic E-state index is 0.201. The molecular weight excluding hydrogens is 547 g/mol. The van der Waals surface area contributed by atoms with Crippen LogP contribution in [0.1, 0.15) is 31.2 Å². The second kappa shape index (κ2) is 10.6. The van der Waals surface area contributed by atoms with E-state index in [4.69, 9.17) is 37.1 Å². The maximum Gasteiger partial charge on any atom is 0.338 e. The van der Waals surface area contributed by atoms with E-state index in [2.05, 4.69) is 4.99 Å². The van der Waals surface area contributed by atoms with Crippen LogP contribution in [0.5, 0.6) is 5.75 Å². The second-order valence-electron chi connectivity index (χ2n) is 8.40. The third-order valence-corrected chi connectivity index (χ3v) is 7.59. The van der Waals surface area contributed by atoms with Gasteiger partial charge in [-0.3, -0.25) is 9.36 Å². The van der Waals surface area contributed by atoms with Gasteiger partial charge >= 0.3 is 5.97 Å². The number of nitrogens with zero attached hydrogens (tertiary/aromatic N) is 2. The maximum atomic E-state index is 13.7. The van der Waals surface area contributed by atoms with Crippen molar-refractivity contribution in [2.24, 2.45) is 4.99 Å². The van der Waals surface area contributed by atoms with Crippen molar-refractivity contribution >= 4 is 46.6 Å². The summed E-state index contributed by atoms with van der Waals surface area (Å²) < 4.78 is 18.5. The molecule has 194 valence electrons. The van der Waals surface area contributed by atoms with E-state index in [1.54, 1.807) is 69.5 Å². The van der Waals surface area contributed by atoms with Crippen molar-refractivity contribution < 1.29 is 18.7 Å². The van der Waals surface area contributed by atoms with Gasteiger partial charge < -0.3 is 13.9 Å². The van der Waals surface area contributed by atoms with Crippen LogP contribution in [0.25, 0.3) is 17.4 Å². The first-order valence-electron chi connectivity index (χ1n) is 11.7. The number of aromatic nitrogens is 1. The molecule has 0 amide bonds. The molecule has 0 N–H and O–H groups in total. The molecule has 0 fully saturated rings. The molecule has 3 heterocycles. The minimum atomic E-state index is -0.712. The molecule has 10 heteroatoms. The number of carbonyl (C=O) groups excluding carboxylic acids is 1. The molecule has 4 aromatic rings. The van der Waals surface area contributed by atoms with Gasteiger partial charge in [-0.1, -0.05) is 46.7 Å². The molecule has 2 aromatic heterocycles. The molecule has 38 heavy (non-hydrogen) atoms. The molecule has 0 bridgehead atoms. The van der Waals surface area contributed by atoms with E-state index >= 15 is 0 Å².